The number of hydrogen-bond acceptors (Lipinski definition) is 3. The van der Waals surface area contributed by atoms with Crippen molar-refractivity contribution in [3.05, 3.63) is 82.9 Å². The highest BCUT2D eigenvalue weighted by molar-refractivity contribution is 5.94. The minimum atomic E-state index is -0.298. The summed E-state index contributed by atoms with van der Waals surface area (Å²) in [6, 6.07) is 13.0. The maximum absolute atomic E-state index is 12.9. The molecule has 1 atom stereocenters. The highest BCUT2D eigenvalue weighted by Gasteiger charge is 2.15. The molecule has 0 spiro atoms. The lowest BCUT2D eigenvalue weighted by Gasteiger charge is -2.13. The molecule has 1 unspecified atom stereocenters. The number of carbonyl (C=O) groups excluding carboxylic acids is 1. The molecule has 5 nitrogen and oxygen atoms in total. The average Bonchev–Trinajstić information content (AvgIpc) is 3.00. The predicted molar refractivity (Wildman–Crippen MR) is 101 cm³/mol. The number of rotatable bonds is 6. The fraction of sp³-hybridized carbons (Fsp3) is 0.238. The van der Waals surface area contributed by atoms with Crippen LogP contribution in [0.15, 0.2) is 54.7 Å². The molecule has 1 aromatic heterocycles. The molecule has 0 saturated heterocycles. The minimum Gasteiger partial charge on any atom is -0.489 e. The molecule has 0 aliphatic rings. The Kier molecular flexibility index (Phi) is 5.54. The van der Waals surface area contributed by atoms with Crippen molar-refractivity contribution in [2.75, 3.05) is 0 Å². The van der Waals surface area contributed by atoms with Crippen molar-refractivity contribution in [2.24, 2.45) is 7.05 Å². The Morgan fingerprint density at radius 3 is 2.44 bits per heavy atom. The van der Waals surface area contributed by atoms with Crippen LogP contribution in [0.4, 0.5) is 4.39 Å². The Morgan fingerprint density at radius 1 is 1.19 bits per heavy atom. The molecule has 6 heteroatoms. The third-order valence-corrected chi connectivity index (χ3v) is 4.30. The van der Waals surface area contributed by atoms with Crippen molar-refractivity contribution in [3.8, 4) is 5.75 Å². The third-order valence-electron chi connectivity index (χ3n) is 4.30. The number of aromatic nitrogens is 2. The van der Waals surface area contributed by atoms with E-state index in [1.54, 1.807) is 28.9 Å². The van der Waals surface area contributed by atoms with Crippen LogP contribution in [0.3, 0.4) is 0 Å². The molecule has 0 fully saturated rings. The zero-order chi connectivity index (χ0) is 19.4. The smallest absolute Gasteiger partial charge is 0.251 e. The lowest BCUT2D eigenvalue weighted by Crippen LogP contribution is -2.26. The van der Waals surface area contributed by atoms with Gasteiger partial charge in [0, 0.05) is 24.4 Å². The van der Waals surface area contributed by atoms with Crippen LogP contribution < -0.4 is 10.1 Å². The largest absolute Gasteiger partial charge is 0.489 e. The quantitative estimate of drug-likeness (QED) is 0.718. The molecule has 0 aliphatic carbocycles. The molecule has 2 aromatic carbocycles. The number of halogens is 1. The molecule has 3 aromatic rings. The highest BCUT2D eigenvalue weighted by Crippen LogP contribution is 2.17. The molecule has 1 N–H and O–H groups in total. The molecule has 27 heavy (non-hydrogen) atoms. The highest BCUT2D eigenvalue weighted by atomic mass is 19.1. The van der Waals surface area contributed by atoms with Crippen LogP contribution >= 0.6 is 0 Å². The van der Waals surface area contributed by atoms with E-state index in [4.69, 9.17) is 4.74 Å². The molecule has 0 aliphatic heterocycles. The van der Waals surface area contributed by atoms with E-state index in [2.05, 4.69) is 10.4 Å². The number of nitrogens with zero attached hydrogens (tertiary/aromatic N) is 2. The second-order valence-corrected chi connectivity index (χ2v) is 6.48. The van der Waals surface area contributed by atoms with Gasteiger partial charge in [-0.1, -0.05) is 12.1 Å². The zero-order valence-electron chi connectivity index (χ0n) is 15.6. The van der Waals surface area contributed by atoms with Gasteiger partial charge in [-0.2, -0.15) is 5.10 Å². The van der Waals surface area contributed by atoms with Crippen molar-refractivity contribution in [2.45, 2.75) is 26.5 Å². The zero-order valence-corrected chi connectivity index (χ0v) is 15.6. The summed E-state index contributed by atoms with van der Waals surface area (Å²) in [5, 5.41) is 7.29. The summed E-state index contributed by atoms with van der Waals surface area (Å²) in [7, 11) is 1.86. The van der Waals surface area contributed by atoms with Gasteiger partial charge in [-0.05, 0) is 55.8 Å². The van der Waals surface area contributed by atoms with Crippen molar-refractivity contribution >= 4 is 5.91 Å². The standard InChI is InChI=1S/C21H22FN3O2/c1-14(20-12-25(3)24-15(20)2)23-21(26)17-6-4-16(5-7-17)13-27-19-10-8-18(22)9-11-19/h4-12,14H,13H2,1-3H3,(H,23,26). The van der Waals surface area contributed by atoms with Crippen molar-refractivity contribution < 1.29 is 13.9 Å². The van der Waals surface area contributed by atoms with Gasteiger partial charge in [0.2, 0.25) is 0 Å². The van der Waals surface area contributed by atoms with E-state index < -0.39 is 0 Å². The molecule has 140 valence electrons. The summed E-state index contributed by atoms with van der Waals surface area (Å²) >= 11 is 0. The number of aryl methyl sites for hydroxylation is 2. The van der Waals surface area contributed by atoms with E-state index in [1.807, 2.05) is 39.2 Å². The van der Waals surface area contributed by atoms with Gasteiger partial charge in [0.25, 0.3) is 5.91 Å². The van der Waals surface area contributed by atoms with Gasteiger partial charge in [0.15, 0.2) is 0 Å². The minimum absolute atomic E-state index is 0.132. The van der Waals surface area contributed by atoms with E-state index in [0.717, 1.165) is 16.8 Å². The Hall–Kier alpha value is -3.15. The van der Waals surface area contributed by atoms with Crippen LogP contribution in [0, 0.1) is 12.7 Å². The summed E-state index contributed by atoms with van der Waals surface area (Å²) in [5.74, 6) is 0.157. The number of carbonyl (C=O) groups is 1. The van der Waals surface area contributed by atoms with E-state index in [9.17, 15) is 9.18 Å². The van der Waals surface area contributed by atoms with Gasteiger partial charge in [0.05, 0.1) is 11.7 Å². The summed E-state index contributed by atoms with van der Waals surface area (Å²) in [4.78, 5) is 12.5. The predicted octanol–water partition coefficient (Wildman–Crippen LogP) is 3.94. The lowest BCUT2D eigenvalue weighted by atomic mass is 10.1. The second kappa shape index (κ2) is 8.03. The van der Waals surface area contributed by atoms with Gasteiger partial charge in [-0.3, -0.25) is 9.48 Å². The monoisotopic (exact) mass is 367 g/mol. The van der Waals surface area contributed by atoms with E-state index in [-0.39, 0.29) is 17.8 Å². The van der Waals surface area contributed by atoms with Crippen molar-refractivity contribution in [1.82, 2.24) is 15.1 Å². The molecule has 0 saturated carbocycles. The number of nitrogens with one attached hydrogen (secondary N) is 1. The number of benzene rings is 2. The van der Waals surface area contributed by atoms with Crippen LogP contribution in [0.25, 0.3) is 0 Å². The molecule has 1 heterocycles. The van der Waals surface area contributed by atoms with Crippen LogP contribution in [0.1, 0.15) is 40.1 Å². The second-order valence-electron chi connectivity index (χ2n) is 6.48. The Balaban J connectivity index is 1.58. The van der Waals surface area contributed by atoms with E-state index in [0.29, 0.717) is 17.9 Å². The fourth-order valence-electron chi connectivity index (χ4n) is 2.85. The lowest BCUT2D eigenvalue weighted by molar-refractivity contribution is 0.0939. The van der Waals surface area contributed by atoms with Crippen LogP contribution in [-0.2, 0) is 13.7 Å². The molecular weight excluding hydrogens is 345 g/mol. The third kappa shape index (κ3) is 4.73. The molecule has 0 radical (unpaired) electrons. The van der Waals surface area contributed by atoms with E-state index >= 15 is 0 Å². The Morgan fingerprint density at radius 2 is 1.85 bits per heavy atom. The first-order valence-electron chi connectivity index (χ1n) is 8.70. The van der Waals surface area contributed by atoms with Crippen LogP contribution in [0.2, 0.25) is 0 Å². The summed E-state index contributed by atoms with van der Waals surface area (Å²) in [5.41, 5.74) is 3.40. The molecule has 3 rings (SSSR count). The van der Waals surface area contributed by atoms with Crippen molar-refractivity contribution in [3.63, 3.8) is 0 Å². The van der Waals surface area contributed by atoms with Crippen LogP contribution in [0.5, 0.6) is 5.75 Å². The first-order valence-corrected chi connectivity index (χ1v) is 8.70. The maximum Gasteiger partial charge on any atom is 0.251 e. The summed E-state index contributed by atoms with van der Waals surface area (Å²) < 4.78 is 20.2. The molecule has 0 bridgehead atoms. The number of amides is 1. The van der Waals surface area contributed by atoms with Crippen molar-refractivity contribution in [1.29, 1.82) is 0 Å². The summed E-state index contributed by atoms with van der Waals surface area (Å²) in [6.45, 7) is 4.21. The molecule has 1 amide bonds. The Labute approximate surface area is 157 Å². The first kappa shape index (κ1) is 18.6. The summed E-state index contributed by atoms with van der Waals surface area (Å²) in [6.07, 6.45) is 1.91. The first-order chi connectivity index (χ1) is 12.9. The average molecular weight is 367 g/mol. The van der Waals surface area contributed by atoms with Crippen LogP contribution in [-0.4, -0.2) is 15.7 Å². The fourth-order valence-corrected chi connectivity index (χ4v) is 2.85. The Bertz CT molecular complexity index is 918. The van der Waals surface area contributed by atoms with Gasteiger partial charge >= 0.3 is 0 Å². The number of hydrogen-bond donors (Lipinski definition) is 1. The van der Waals surface area contributed by atoms with E-state index in [1.165, 1.54) is 12.1 Å². The molecular formula is C21H22FN3O2. The van der Waals surface area contributed by atoms with Gasteiger partial charge in [0.1, 0.15) is 18.2 Å². The topological polar surface area (TPSA) is 56.2 Å². The SMILES string of the molecule is Cc1nn(C)cc1C(C)NC(=O)c1ccc(COc2ccc(F)cc2)cc1. The maximum atomic E-state index is 12.9. The van der Waals surface area contributed by atoms with Gasteiger partial charge < -0.3 is 10.1 Å². The number of ether oxygens (including phenoxy) is 1. The normalized spacial score (nSPS) is 11.9. The van der Waals surface area contributed by atoms with Gasteiger partial charge in [-0.25, -0.2) is 4.39 Å². The van der Waals surface area contributed by atoms with Gasteiger partial charge in [-0.15, -0.1) is 0 Å².